The van der Waals surface area contributed by atoms with Gasteiger partial charge in [-0.3, -0.25) is 4.98 Å². The third-order valence-corrected chi connectivity index (χ3v) is 2.12. The summed E-state index contributed by atoms with van der Waals surface area (Å²) in [6, 6.07) is 2.90. The molecule has 1 aromatic rings. The van der Waals surface area contributed by atoms with Crippen LogP contribution in [-0.4, -0.2) is 17.6 Å². The summed E-state index contributed by atoms with van der Waals surface area (Å²) >= 11 is 0. The topological polar surface area (TPSA) is 65.2 Å². The summed E-state index contributed by atoms with van der Waals surface area (Å²) in [7, 11) is 0. The zero-order chi connectivity index (χ0) is 11.3. The largest absolute Gasteiger partial charge is 0.465 e. The Morgan fingerprint density at radius 1 is 1.53 bits per heavy atom. The molecule has 0 bridgehead atoms. The molecule has 1 unspecified atom stereocenters. The smallest absolute Gasteiger partial charge is 0.329 e. The molecule has 1 aromatic heterocycles. The van der Waals surface area contributed by atoms with Crippen LogP contribution in [0.25, 0.3) is 0 Å². The van der Waals surface area contributed by atoms with Gasteiger partial charge in [0.05, 0.1) is 12.3 Å². The van der Waals surface area contributed by atoms with Gasteiger partial charge in [0.15, 0.2) is 0 Å². The molecule has 0 aliphatic rings. The normalized spacial score (nSPS) is 12.2. The monoisotopic (exact) mass is 208 g/mol. The first kappa shape index (κ1) is 11.7. The maximum absolute atomic E-state index is 11.3. The Morgan fingerprint density at radius 3 is 2.73 bits per heavy atom. The Balaban J connectivity index is 2.73. The van der Waals surface area contributed by atoms with E-state index in [0.717, 1.165) is 12.0 Å². The molecule has 1 rings (SSSR count). The fourth-order valence-corrected chi connectivity index (χ4v) is 1.18. The standard InChI is InChI=1S/C11H16N2O2/c1-3-8-5-6-9(13-7-8)10(12)11(14)15-4-2/h5-7,10H,3-4,12H2,1-2H3. The van der Waals surface area contributed by atoms with Crippen LogP contribution >= 0.6 is 0 Å². The van der Waals surface area contributed by atoms with Gasteiger partial charge in [-0.2, -0.15) is 0 Å². The van der Waals surface area contributed by atoms with Crippen molar-refractivity contribution in [3.05, 3.63) is 29.6 Å². The van der Waals surface area contributed by atoms with Crippen LogP contribution in [0.2, 0.25) is 0 Å². The van der Waals surface area contributed by atoms with Crippen LogP contribution in [0, 0.1) is 0 Å². The van der Waals surface area contributed by atoms with E-state index in [9.17, 15) is 4.79 Å². The molecular weight excluding hydrogens is 192 g/mol. The van der Waals surface area contributed by atoms with Crippen molar-refractivity contribution in [2.24, 2.45) is 5.73 Å². The fourth-order valence-electron chi connectivity index (χ4n) is 1.18. The lowest BCUT2D eigenvalue weighted by atomic mass is 10.1. The van der Waals surface area contributed by atoms with E-state index in [4.69, 9.17) is 10.5 Å². The number of carbonyl (C=O) groups excluding carboxylic acids is 1. The van der Waals surface area contributed by atoms with Crippen molar-refractivity contribution < 1.29 is 9.53 Å². The van der Waals surface area contributed by atoms with Gasteiger partial charge in [0.25, 0.3) is 0 Å². The summed E-state index contributed by atoms with van der Waals surface area (Å²) in [4.78, 5) is 15.4. The lowest BCUT2D eigenvalue weighted by Gasteiger charge is -2.09. The van der Waals surface area contributed by atoms with Gasteiger partial charge in [-0.05, 0) is 25.0 Å². The third kappa shape index (κ3) is 3.02. The molecule has 0 saturated heterocycles. The second-order valence-corrected chi connectivity index (χ2v) is 3.17. The number of esters is 1. The highest BCUT2D eigenvalue weighted by atomic mass is 16.5. The van der Waals surface area contributed by atoms with Gasteiger partial charge in [0.2, 0.25) is 0 Å². The number of hydrogen-bond donors (Lipinski definition) is 1. The zero-order valence-corrected chi connectivity index (χ0v) is 9.06. The number of ether oxygens (including phenoxy) is 1. The molecule has 82 valence electrons. The first-order valence-corrected chi connectivity index (χ1v) is 5.06. The molecule has 0 aliphatic heterocycles. The number of carbonyl (C=O) groups is 1. The van der Waals surface area contributed by atoms with E-state index < -0.39 is 12.0 Å². The van der Waals surface area contributed by atoms with E-state index in [0.29, 0.717) is 12.3 Å². The van der Waals surface area contributed by atoms with E-state index in [2.05, 4.69) is 4.98 Å². The van der Waals surface area contributed by atoms with Crippen LogP contribution in [0.1, 0.15) is 31.1 Å². The van der Waals surface area contributed by atoms with E-state index in [1.807, 2.05) is 13.0 Å². The lowest BCUT2D eigenvalue weighted by molar-refractivity contribution is -0.144. The van der Waals surface area contributed by atoms with Gasteiger partial charge < -0.3 is 10.5 Å². The molecular formula is C11H16N2O2. The Labute approximate surface area is 89.5 Å². The fraction of sp³-hybridized carbons (Fsp3) is 0.455. The van der Waals surface area contributed by atoms with Crippen molar-refractivity contribution in [2.45, 2.75) is 26.3 Å². The molecule has 4 heteroatoms. The van der Waals surface area contributed by atoms with Gasteiger partial charge >= 0.3 is 5.97 Å². The van der Waals surface area contributed by atoms with E-state index in [1.54, 1.807) is 19.2 Å². The quantitative estimate of drug-likeness (QED) is 0.755. The molecule has 0 aliphatic carbocycles. The average Bonchev–Trinajstić information content (AvgIpc) is 2.28. The van der Waals surface area contributed by atoms with Gasteiger partial charge in [-0.1, -0.05) is 13.0 Å². The molecule has 0 spiro atoms. The van der Waals surface area contributed by atoms with Crippen molar-refractivity contribution in [1.82, 2.24) is 4.98 Å². The average molecular weight is 208 g/mol. The molecule has 4 nitrogen and oxygen atoms in total. The maximum atomic E-state index is 11.3. The Hall–Kier alpha value is -1.42. The highest BCUT2D eigenvalue weighted by Gasteiger charge is 2.17. The molecule has 0 saturated carbocycles. The second kappa shape index (κ2) is 5.46. The summed E-state index contributed by atoms with van der Waals surface area (Å²) in [6.07, 6.45) is 2.65. The first-order valence-electron chi connectivity index (χ1n) is 5.06. The van der Waals surface area contributed by atoms with Crippen molar-refractivity contribution >= 4 is 5.97 Å². The van der Waals surface area contributed by atoms with Crippen molar-refractivity contribution in [3.8, 4) is 0 Å². The molecule has 0 fully saturated rings. The van der Waals surface area contributed by atoms with Crippen LogP contribution < -0.4 is 5.73 Å². The molecule has 0 amide bonds. The van der Waals surface area contributed by atoms with Crippen LogP contribution in [0.4, 0.5) is 0 Å². The second-order valence-electron chi connectivity index (χ2n) is 3.17. The first-order chi connectivity index (χ1) is 7.19. The number of aryl methyl sites for hydroxylation is 1. The minimum Gasteiger partial charge on any atom is -0.465 e. The highest BCUT2D eigenvalue weighted by molar-refractivity contribution is 5.76. The zero-order valence-electron chi connectivity index (χ0n) is 9.06. The van der Waals surface area contributed by atoms with Crippen molar-refractivity contribution in [1.29, 1.82) is 0 Å². The number of aromatic nitrogens is 1. The van der Waals surface area contributed by atoms with E-state index in [1.165, 1.54) is 0 Å². The lowest BCUT2D eigenvalue weighted by Crippen LogP contribution is -2.24. The molecule has 2 N–H and O–H groups in total. The predicted molar refractivity (Wildman–Crippen MR) is 57.2 cm³/mol. The van der Waals surface area contributed by atoms with Crippen LogP contribution in [-0.2, 0) is 16.0 Å². The van der Waals surface area contributed by atoms with Crippen LogP contribution in [0.3, 0.4) is 0 Å². The Bertz CT molecular complexity index is 322. The maximum Gasteiger partial charge on any atom is 0.329 e. The molecule has 0 aromatic carbocycles. The predicted octanol–water partition coefficient (Wildman–Crippen LogP) is 1.21. The molecule has 15 heavy (non-hydrogen) atoms. The highest BCUT2D eigenvalue weighted by Crippen LogP contribution is 2.10. The summed E-state index contributed by atoms with van der Waals surface area (Å²) in [5.41, 5.74) is 7.35. The number of pyridine rings is 1. The summed E-state index contributed by atoms with van der Waals surface area (Å²) in [6.45, 7) is 4.12. The molecule has 0 radical (unpaired) electrons. The minimum atomic E-state index is -0.782. The van der Waals surface area contributed by atoms with Crippen molar-refractivity contribution in [2.75, 3.05) is 6.61 Å². The summed E-state index contributed by atoms with van der Waals surface area (Å²) < 4.78 is 4.81. The third-order valence-electron chi connectivity index (χ3n) is 2.12. The SMILES string of the molecule is CCOC(=O)C(N)c1ccc(CC)cn1. The van der Waals surface area contributed by atoms with Crippen molar-refractivity contribution in [3.63, 3.8) is 0 Å². The Kier molecular flexibility index (Phi) is 4.24. The van der Waals surface area contributed by atoms with E-state index in [-0.39, 0.29) is 0 Å². The van der Waals surface area contributed by atoms with Gasteiger partial charge in [0, 0.05) is 6.20 Å². The van der Waals surface area contributed by atoms with Crippen LogP contribution in [0.15, 0.2) is 18.3 Å². The number of hydrogen-bond acceptors (Lipinski definition) is 4. The summed E-state index contributed by atoms with van der Waals surface area (Å²) in [5, 5.41) is 0. The number of nitrogens with zero attached hydrogens (tertiary/aromatic N) is 1. The number of nitrogens with two attached hydrogens (primary N) is 1. The van der Waals surface area contributed by atoms with Crippen LogP contribution in [0.5, 0.6) is 0 Å². The summed E-state index contributed by atoms with van der Waals surface area (Å²) in [5.74, 6) is -0.436. The van der Waals surface area contributed by atoms with Gasteiger partial charge in [-0.25, -0.2) is 4.79 Å². The molecule has 1 heterocycles. The Morgan fingerprint density at radius 2 is 2.27 bits per heavy atom. The van der Waals surface area contributed by atoms with Gasteiger partial charge in [-0.15, -0.1) is 0 Å². The van der Waals surface area contributed by atoms with E-state index >= 15 is 0 Å². The van der Waals surface area contributed by atoms with Gasteiger partial charge in [0.1, 0.15) is 6.04 Å². The minimum absolute atomic E-state index is 0.333. The molecule has 1 atom stereocenters. The number of rotatable bonds is 4.